The average molecular weight is 293 g/mol. The van der Waals surface area contributed by atoms with Crippen molar-refractivity contribution in [3.63, 3.8) is 0 Å². The molecule has 0 amide bonds. The van der Waals surface area contributed by atoms with Gasteiger partial charge in [0.15, 0.2) is 0 Å². The summed E-state index contributed by atoms with van der Waals surface area (Å²) < 4.78 is 10.4. The van der Waals surface area contributed by atoms with Crippen molar-refractivity contribution >= 4 is 17.6 Å². The Kier molecular flexibility index (Phi) is 4.15. The second kappa shape index (κ2) is 5.84. The van der Waals surface area contributed by atoms with Crippen molar-refractivity contribution in [3.05, 3.63) is 47.0 Å². The molecule has 4 nitrogen and oxygen atoms in total. The Labute approximate surface area is 121 Å². The van der Waals surface area contributed by atoms with E-state index in [9.17, 15) is 4.79 Å². The maximum atomic E-state index is 10.9. The lowest BCUT2D eigenvalue weighted by atomic mass is 10.0. The van der Waals surface area contributed by atoms with E-state index < -0.39 is 5.97 Å². The standard InChI is InChI=1S/C15H13ClO4/c1-19-11-5-10(6-12(8-11)20-2)13-4-3-9(15(17)18)7-14(13)16/h3-8H,1-2H3,(H,17,18). The van der Waals surface area contributed by atoms with Crippen LogP contribution in [-0.4, -0.2) is 25.3 Å². The molecule has 0 bridgehead atoms. The van der Waals surface area contributed by atoms with E-state index in [1.54, 1.807) is 26.4 Å². The third-order valence-corrected chi connectivity index (χ3v) is 3.19. The number of methoxy groups -OCH3 is 2. The van der Waals surface area contributed by atoms with Crippen molar-refractivity contribution in [3.8, 4) is 22.6 Å². The summed E-state index contributed by atoms with van der Waals surface area (Å²) in [6.07, 6.45) is 0. The molecule has 0 atom stereocenters. The summed E-state index contributed by atoms with van der Waals surface area (Å²) in [5.74, 6) is 0.261. The van der Waals surface area contributed by atoms with Crippen LogP contribution in [0.15, 0.2) is 36.4 Å². The van der Waals surface area contributed by atoms with Crippen molar-refractivity contribution < 1.29 is 19.4 Å². The predicted octanol–water partition coefficient (Wildman–Crippen LogP) is 3.72. The minimum absolute atomic E-state index is 0.147. The minimum atomic E-state index is -1.01. The van der Waals surface area contributed by atoms with E-state index in [0.717, 1.165) is 5.56 Å². The summed E-state index contributed by atoms with van der Waals surface area (Å²) >= 11 is 6.15. The van der Waals surface area contributed by atoms with Gasteiger partial charge >= 0.3 is 5.97 Å². The number of rotatable bonds is 4. The van der Waals surface area contributed by atoms with Crippen LogP contribution in [0.2, 0.25) is 5.02 Å². The first-order chi connectivity index (χ1) is 9.55. The molecule has 2 aromatic rings. The van der Waals surface area contributed by atoms with Gasteiger partial charge in [0.1, 0.15) is 11.5 Å². The zero-order valence-electron chi connectivity index (χ0n) is 11.0. The molecule has 0 fully saturated rings. The van der Waals surface area contributed by atoms with E-state index in [0.29, 0.717) is 22.1 Å². The van der Waals surface area contributed by atoms with E-state index in [-0.39, 0.29) is 5.56 Å². The van der Waals surface area contributed by atoms with E-state index in [1.165, 1.54) is 12.1 Å². The molecular formula is C15H13ClO4. The summed E-state index contributed by atoms with van der Waals surface area (Å²) in [4.78, 5) is 10.9. The Morgan fingerprint density at radius 2 is 1.65 bits per heavy atom. The fourth-order valence-corrected chi connectivity index (χ4v) is 2.13. The second-order valence-corrected chi connectivity index (χ2v) is 4.51. The first kappa shape index (κ1) is 14.2. The number of halogens is 1. The number of carbonyl (C=O) groups is 1. The van der Waals surface area contributed by atoms with Crippen LogP contribution in [-0.2, 0) is 0 Å². The highest BCUT2D eigenvalue weighted by molar-refractivity contribution is 6.33. The predicted molar refractivity (Wildman–Crippen MR) is 77.0 cm³/mol. The highest BCUT2D eigenvalue weighted by Crippen LogP contribution is 2.34. The molecule has 0 radical (unpaired) electrons. The normalized spacial score (nSPS) is 10.2. The largest absolute Gasteiger partial charge is 0.497 e. The lowest BCUT2D eigenvalue weighted by Crippen LogP contribution is -1.96. The molecule has 0 aromatic heterocycles. The van der Waals surface area contributed by atoms with Gasteiger partial charge in [-0.15, -0.1) is 0 Å². The molecule has 104 valence electrons. The number of carboxylic acids is 1. The number of aromatic carboxylic acids is 1. The number of ether oxygens (including phenoxy) is 2. The van der Waals surface area contributed by atoms with Crippen LogP contribution in [0.5, 0.6) is 11.5 Å². The maximum absolute atomic E-state index is 10.9. The van der Waals surface area contributed by atoms with E-state index in [1.807, 2.05) is 12.1 Å². The van der Waals surface area contributed by atoms with Crippen LogP contribution in [0.3, 0.4) is 0 Å². The van der Waals surface area contributed by atoms with Crippen molar-refractivity contribution in [2.24, 2.45) is 0 Å². The van der Waals surface area contributed by atoms with Crippen LogP contribution >= 0.6 is 11.6 Å². The van der Waals surface area contributed by atoms with Crippen LogP contribution in [0, 0.1) is 0 Å². The molecule has 0 unspecified atom stereocenters. The molecule has 0 saturated carbocycles. The molecule has 2 rings (SSSR count). The number of carboxylic acid groups (broad SMARTS) is 1. The van der Waals surface area contributed by atoms with Crippen LogP contribution in [0.25, 0.3) is 11.1 Å². The van der Waals surface area contributed by atoms with E-state index >= 15 is 0 Å². The van der Waals surface area contributed by atoms with Gasteiger partial charge in [0, 0.05) is 16.7 Å². The lowest BCUT2D eigenvalue weighted by molar-refractivity contribution is 0.0697. The quantitative estimate of drug-likeness (QED) is 0.933. The molecule has 0 aliphatic rings. The maximum Gasteiger partial charge on any atom is 0.335 e. The SMILES string of the molecule is COc1cc(OC)cc(-c2ccc(C(=O)O)cc2Cl)c1. The molecule has 0 aliphatic carbocycles. The highest BCUT2D eigenvalue weighted by atomic mass is 35.5. The first-order valence-corrected chi connectivity index (χ1v) is 6.19. The molecule has 20 heavy (non-hydrogen) atoms. The molecule has 0 heterocycles. The second-order valence-electron chi connectivity index (χ2n) is 4.10. The topological polar surface area (TPSA) is 55.8 Å². The molecule has 2 aromatic carbocycles. The fraction of sp³-hybridized carbons (Fsp3) is 0.133. The van der Waals surface area contributed by atoms with Gasteiger partial charge in [-0.05, 0) is 29.8 Å². The smallest absolute Gasteiger partial charge is 0.335 e. The van der Waals surface area contributed by atoms with Gasteiger partial charge in [-0.1, -0.05) is 17.7 Å². The van der Waals surface area contributed by atoms with Crippen LogP contribution < -0.4 is 9.47 Å². The molecule has 0 spiro atoms. The number of benzene rings is 2. The number of hydrogen-bond donors (Lipinski definition) is 1. The van der Waals surface area contributed by atoms with Crippen molar-refractivity contribution in [1.29, 1.82) is 0 Å². The van der Waals surface area contributed by atoms with Gasteiger partial charge in [0.2, 0.25) is 0 Å². The molecule has 0 saturated heterocycles. The lowest BCUT2D eigenvalue weighted by Gasteiger charge is -2.10. The average Bonchev–Trinajstić information content (AvgIpc) is 2.46. The summed E-state index contributed by atoms with van der Waals surface area (Å²) in [5, 5.41) is 9.30. The molecular weight excluding hydrogens is 280 g/mol. The monoisotopic (exact) mass is 292 g/mol. The number of hydrogen-bond acceptors (Lipinski definition) is 3. The zero-order chi connectivity index (χ0) is 14.7. The minimum Gasteiger partial charge on any atom is -0.497 e. The summed E-state index contributed by atoms with van der Waals surface area (Å²) in [6.45, 7) is 0. The van der Waals surface area contributed by atoms with Crippen molar-refractivity contribution in [1.82, 2.24) is 0 Å². The summed E-state index contributed by atoms with van der Waals surface area (Å²) in [6, 6.07) is 9.97. The van der Waals surface area contributed by atoms with E-state index in [4.69, 9.17) is 26.2 Å². The highest BCUT2D eigenvalue weighted by Gasteiger charge is 2.11. The summed E-state index contributed by atoms with van der Waals surface area (Å²) in [7, 11) is 3.13. The van der Waals surface area contributed by atoms with Crippen LogP contribution in [0.4, 0.5) is 0 Å². The van der Waals surface area contributed by atoms with Gasteiger partial charge in [-0.25, -0.2) is 4.79 Å². The van der Waals surface area contributed by atoms with Gasteiger partial charge in [-0.3, -0.25) is 0 Å². The Balaban J connectivity index is 2.53. The van der Waals surface area contributed by atoms with Gasteiger partial charge in [0.05, 0.1) is 19.8 Å². The van der Waals surface area contributed by atoms with Crippen LogP contribution in [0.1, 0.15) is 10.4 Å². The van der Waals surface area contributed by atoms with Crippen molar-refractivity contribution in [2.45, 2.75) is 0 Å². The third-order valence-electron chi connectivity index (χ3n) is 2.88. The van der Waals surface area contributed by atoms with Gasteiger partial charge < -0.3 is 14.6 Å². The van der Waals surface area contributed by atoms with Gasteiger partial charge in [-0.2, -0.15) is 0 Å². The van der Waals surface area contributed by atoms with E-state index in [2.05, 4.69) is 0 Å². The molecule has 1 N–H and O–H groups in total. The Morgan fingerprint density at radius 1 is 1.05 bits per heavy atom. The first-order valence-electron chi connectivity index (χ1n) is 5.81. The molecule has 5 heteroatoms. The van der Waals surface area contributed by atoms with Crippen molar-refractivity contribution in [2.75, 3.05) is 14.2 Å². The molecule has 0 aliphatic heterocycles. The Bertz CT molecular complexity index is 630. The Hall–Kier alpha value is -2.20. The Morgan fingerprint density at radius 3 is 2.10 bits per heavy atom. The van der Waals surface area contributed by atoms with Gasteiger partial charge in [0.25, 0.3) is 0 Å². The fourth-order valence-electron chi connectivity index (χ4n) is 1.85. The summed E-state index contributed by atoms with van der Waals surface area (Å²) in [5.41, 5.74) is 1.66. The third kappa shape index (κ3) is 2.86. The zero-order valence-corrected chi connectivity index (χ0v) is 11.8.